The molecule has 21 heavy (non-hydrogen) atoms. The average Bonchev–Trinajstić information content (AvgIpc) is 3.01. The lowest BCUT2D eigenvalue weighted by Crippen LogP contribution is -2.40. The molecule has 0 spiro atoms. The highest BCUT2D eigenvalue weighted by Crippen LogP contribution is 2.53. The number of hydrogen-bond donors (Lipinski definition) is 0. The Bertz CT molecular complexity index is 550. The second-order valence-corrected chi connectivity index (χ2v) is 6.88. The van der Waals surface area contributed by atoms with Gasteiger partial charge in [0.15, 0.2) is 0 Å². The molecule has 2 unspecified atom stereocenters. The van der Waals surface area contributed by atoms with Crippen molar-refractivity contribution in [2.45, 2.75) is 37.8 Å². The number of ketones is 2. The first-order valence-corrected chi connectivity index (χ1v) is 7.94. The lowest BCUT2D eigenvalue weighted by molar-refractivity contribution is -0.179. The summed E-state index contributed by atoms with van der Waals surface area (Å²) in [6.07, 6.45) is -2.90. The van der Waals surface area contributed by atoms with Crippen LogP contribution >= 0.6 is 11.3 Å². The fraction of sp³-hybridized carbons (Fsp3) is 0.600. The van der Waals surface area contributed by atoms with Gasteiger partial charge in [0.05, 0.1) is 5.92 Å². The van der Waals surface area contributed by atoms with Crippen molar-refractivity contribution in [3.63, 3.8) is 0 Å². The van der Waals surface area contributed by atoms with Gasteiger partial charge in [-0.15, -0.1) is 11.3 Å². The first kappa shape index (κ1) is 14.8. The van der Waals surface area contributed by atoms with Gasteiger partial charge in [-0.3, -0.25) is 9.59 Å². The molecule has 0 amide bonds. The van der Waals surface area contributed by atoms with Crippen molar-refractivity contribution in [1.82, 2.24) is 0 Å². The molecule has 2 fully saturated rings. The Kier molecular flexibility index (Phi) is 3.67. The summed E-state index contributed by atoms with van der Waals surface area (Å²) < 4.78 is 38.5. The van der Waals surface area contributed by atoms with Crippen LogP contribution in [0, 0.1) is 17.8 Å². The third-order valence-electron chi connectivity index (χ3n) is 4.76. The van der Waals surface area contributed by atoms with Gasteiger partial charge < -0.3 is 0 Å². The third kappa shape index (κ3) is 2.54. The molecule has 0 N–H and O–H groups in total. The largest absolute Gasteiger partial charge is 0.450 e. The molecular weight excluding hydrogens is 301 g/mol. The number of thiophene rings is 1. The monoisotopic (exact) mass is 316 g/mol. The number of carbonyl (C=O) groups is 2. The molecule has 6 heteroatoms. The zero-order valence-corrected chi connectivity index (χ0v) is 12.0. The molecule has 2 aliphatic rings. The molecule has 2 saturated carbocycles. The van der Waals surface area contributed by atoms with Crippen molar-refractivity contribution in [2.75, 3.05) is 0 Å². The fourth-order valence-corrected chi connectivity index (χ4v) is 4.90. The van der Waals surface area contributed by atoms with Crippen molar-refractivity contribution < 1.29 is 22.8 Å². The number of fused-ring (bicyclic) bond motifs is 1. The highest BCUT2D eigenvalue weighted by molar-refractivity contribution is 7.10. The van der Waals surface area contributed by atoms with E-state index in [2.05, 4.69) is 0 Å². The summed E-state index contributed by atoms with van der Waals surface area (Å²) >= 11 is 1.39. The van der Waals surface area contributed by atoms with Crippen LogP contribution in [-0.2, 0) is 9.59 Å². The molecule has 1 heterocycles. The van der Waals surface area contributed by atoms with E-state index in [-0.39, 0.29) is 18.1 Å². The summed E-state index contributed by atoms with van der Waals surface area (Å²) in [7, 11) is 0. The molecule has 0 aliphatic heterocycles. The highest BCUT2D eigenvalue weighted by Gasteiger charge is 2.55. The van der Waals surface area contributed by atoms with E-state index in [1.807, 2.05) is 5.38 Å². The Morgan fingerprint density at radius 1 is 1.29 bits per heavy atom. The van der Waals surface area contributed by atoms with Crippen LogP contribution < -0.4 is 0 Å². The van der Waals surface area contributed by atoms with Crippen LogP contribution in [0.15, 0.2) is 17.5 Å². The molecule has 0 radical (unpaired) electrons. The van der Waals surface area contributed by atoms with Gasteiger partial charge in [0.2, 0.25) is 5.78 Å². The Labute approximate surface area is 124 Å². The van der Waals surface area contributed by atoms with Gasteiger partial charge in [-0.2, -0.15) is 13.2 Å². The Balaban J connectivity index is 1.96. The lowest BCUT2D eigenvalue weighted by atomic mass is 9.68. The third-order valence-corrected chi connectivity index (χ3v) is 5.72. The maximum atomic E-state index is 12.8. The van der Waals surface area contributed by atoms with Crippen molar-refractivity contribution in [1.29, 1.82) is 0 Å². The first-order valence-electron chi connectivity index (χ1n) is 7.06. The predicted molar refractivity (Wildman–Crippen MR) is 72.1 cm³/mol. The maximum absolute atomic E-state index is 12.8. The molecule has 0 aromatic carbocycles. The van der Waals surface area contributed by atoms with E-state index >= 15 is 0 Å². The number of rotatable bonds is 2. The first-order chi connectivity index (χ1) is 9.89. The lowest BCUT2D eigenvalue weighted by Gasteiger charge is -2.35. The van der Waals surface area contributed by atoms with Crippen LogP contribution in [0.3, 0.4) is 0 Å². The van der Waals surface area contributed by atoms with E-state index in [9.17, 15) is 22.8 Å². The van der Waals surface area contributed by atoms with Crippen molar-refractivity contribution in [2.24, 2.45) is 17.8 Å². The van der Waals surface area contributed by atoms with Crippen LogP contribution in [0.25, 0.3) is 0 Å². The zero-order valence-electron chi connectivity index (χ0n) is 11.2. The molecular formula is C15H15F3O2S. The normalized spacial score (nSPS) is 33.0. The molecule has 114 valence electrons. The van der Waals surface area contributed by atoms with Crippen molar-refractivity contribution >= 4 is 22.9 Å². The SMILES string of the molecule is O=C1CC2CCC[C@H](C(=O)C(F)(F)F)C2[C@@H]1c1cccs1. The summed E-state index contributed by atoms with van der Waals surface area (Å²) in [6, 6.07) is 3.59. The summed E-state index contributed by atoms with van der Waals surface area (Å²) in [5.74, 6) is -3.77. The topological polar surface area (TPSA) is 34.1 Å². The zero-order chi connectivity index (χ0) is 15.2. The average molecular weight is 316 g/mol. The summed E-state index contributed by atoms with van der Waals surface area (Å²) in [6.45, 7) is 0. The minimum atomic E-state index is -4.81. The van der Waals surface area contributed by atoms with Gasteiger partial charge >= 0.3 is 6.18 Å². The Hall–Kier alpha value is -1.17. The summed E-state index contributed by atoms with van der Waals surface area (Å²) in [4.78, 5) is 24.8. The van der Waals surface area contributed by atoms with E-state index in [0.717, 1.165) is 11.3 Å². The Morgan fingerprint density at radius 2 is 2.05 bits per heavy atom. The molecule has 2 aliphatic carbocycles. The van der Waals surface area contributed by atoms with Gasteiger partial charge in [-0.1, -0.05) is 12.5 Å². The highest BCUT2D eigenvalue weighted by atomic mass is 32.1. The van der Waals surface area contributed by atoms with Gasteiger partial charge in [0.1, 0.15) is 5.78 Å². The maximum Gasteiger partial charge on any atom is 0.450 e. The van der Waals surface area contributed by atoms with Crippen LogP contribution in [-0.4, -0.2) is 17.7 Å². The van der Waals surface area contributed by atoms with Gasteiger partial charge in [0, 0.05) is 17.2 Å². The van der Waals surface area contributed by atoms with Crippen LogP contribution in [0.4, 0.5) is 13.2 Å². The Morgan fingerprint density at radius 3 is 2.67 bits per heavy atom. The van der Waals surface area contributed by atoms with Crippen LogP contribution in [0.2, 0.25) is 0 Å². The smallest absolute Gasteiger partial charge is 0.299 e. The molecule has 2 nitrogen and oxygen atoms in total. The van der Waals surface area contributed by atoms with E-state index in [1.165, 1.54) is 11.3 Å². The van der Waals surface area contributed by atoms with Crippen molar-refractivity contribution in [3.8, 4) is 0 Å². The molecule has 1 aromatic heterocycles. The molecule has 1 aromatic rings. The molecule has 0 bridgehead atoms. The standard InChI is InChI=1S/C15H15F3O2S/c16-15(17,18)14(20)9-4-1-3-8-7-10(19)13(12(8)9)11-5-2-6-21-11/h2,5-6,8-9,12-13H,1,3-4,7H2/t8?,9-,12?,13-/m0/s1. The number of halogens is 3. The van der Waals surface area contributed by atoms with Crippen molar-refractivity contribution in [3.05, 3.63) is 22.4 Å². The minimum Gasteiger partial charge on any atom is -0.299 e. The quantitative estimate of drug-likeness (QED) is 0.827. The summed E-state index contributed by atoms with van der Waals surface area (Å²) in [5.41, 5.74) is 0. The molecule has 3 rings (SSSR count). The summed E-state index contributed by atoms with van der Waals surface area (Å²) in [5, 5.41) is 1.82. The predicted octanol–water partition coefficient (Wildman–Crippen LogP) is 3.97. The number of Topliss-reactive ketones (excluding diaryl/α,β-unsaturated/α-hetero) is 2. The molecule has 0 saturated heterocycles. The fourth-order valence-electron chi connectivity index (χ4n) is 3.99. The van der Waals surface area contributed by atoms with Gasteiger partial charge in [-0.25, -0.2) is 0 Å². The number of alkyl halides is 3. The van der Waals surface area contributed by atoms with Crippen LogP contribution in [0.1, 0.15) is 36.5 Å². The van der Waals surface area contributed by atoms with Gasteiger partial charge in [-0.05, 0) is 36.1 Å². The minimum absolute atomic E-state index is 0.00526. The second kappa shape index (κ2) is 5.23. The van der Waals surface area contributed by atoms with Gasteiger partial charge in [0.25, 0.3) is 0 Å². The van der Waals surface area contributed by atoms with E-state index in [0.29, 0.717) is 12.8 Å². The van der Waals surface area contributed by atoms with Crippen LogP contribution in [0.5, 0.6) is 0 Å². The van der Waals surface area contributed by atoms with E-state index in [1.54, 1.807) is 12.1 Å². The number of carbonyl (C=O) groups excluding carboxylic acids is 2. The molecule has 4 atom stereocenters. The van der Waals surface area contributed by atoms with E-state index in [4.69, 9.17) is 0 Å². The van der Waals surface area contributed by atoms with E-state index < -0.39 is 29.7 Å². The number of hydrogen-bond acceptors (Lipinski definition) is 3. The second-order valence-electron chi connectivity index (χ2n) is 5.90.